The van der Waals surface area contributed by atoms with E-state index in [1.807, 2.05) is 30.5 Å². The second kappa shape index (κ2) is 6.49. The second-order valence-electron chi connectivity index (χ2n) is 6.10. The zero-order valence-corrected chi connectivity index (χ0v) is 14.6. The Hall–Kier alpha value is -3.81. The number of H-pyrrole nitrogens is 1. The molecule has 0 unspecified atom stereocenters. The summed E-state index contributed by atoms with van der Waals surface area (Å²) in [5, 5.41) is 18.9. The molecule has 27 heavy (non-hydrogen) atoms. The van der Waals surface area contributed by atoms with Gasteiger partial charge in [-0.25, -0.2) is 9.59 Å². The third-order valence-corrected chi connectivity index (χ3v) is 4.36. The summed E-state index contributed by atoms with van der Waals surface area (Å²) in [6, 6.07) is 10.5. The Morgan fingerprint density at radius 1 is 0.926 bits per heavy atom. The molecule has 0 aliphatic heterocycles. The van der Waals surface area contributed by atoms with Crippen molar-refractivity contribution in [2.24, 2.45) is 0 Å². The standard InChI is InChI=1S/C19H17N3O5/c1-9-3-4-10(2)22(9)12-7-5-11(6-8-12)13-14(18(24)25)16(20)21-17(23)15(13)19(26)27/h3-8H,1-2H3,(H,24,25)(H,26,27)(H3,20,21,23). The molecule has 0 aliphatic carbocycles. The van der Waals surface area contributed by atoms with E-state index in [2.05, 4.69) is 4.98 Å². The Kier molecular flexibility index (Phi) is 4.32. The number of carboxylic acids is 2. The van der Waals surface area contributed by atoms with E-state index in [4.69, 9.17) is 5.73 Å². The molecule has 8 nitrogen and oxygen atoms in total. The van der Waals surface area contributed by atoms with Crippen LogP contribution in [0.2, 0.25) is 0 Å². The number of aromatic carboxylic acids is 2. The van der Waals surface area contributed by atoms with Crippen molar-refractivity contribution in [3.05, 3.63) is 69.3 Å². The quantitative estimate of drug-likeness (QED) is 0.558. The van der Waals surface area contributed by atoms with E-state index < -0.39 is 34.4 Å². The molecule has 0 saturated carbocycles. The predicted octanol–water partition coefficient (Wildman–Crippen LogP) is 2.43. The summed E-state index contributed by atoms with van der Waals surface area (Å²) in [5.74, 6) is -3.36. The lowest BCUT2D eigenvalue weighted by Gasteiger charge is -2.14. The van der Waals surface area contributed by atoms with Crippen molar-refractivity contribution in [3.8, 4) is 16.8 Å². The lowest BCUT2D eigenvalue weighted by atomic mass is 9.95. The smallest absolute Gasteiger partial charge is 0.342 e. The molecule has 1 aromatic carbocycles. The van der Waals surface area contributed by atoms with Crippen molar-refractivity contribution in [1.29, 1.82) is 0 Å². The topological polar surface area (TPSA) is 138 Å². The minimum atomic E-state index is -1.53. The maximum atomic E-state index is 12.1. The van der Waals surface area contributed by atoms with E-state index in [1.54, 1.807) is 24.3 Å². The highest BCUT2D eigenvalue weighted by Crippen LogP contribution is 2.30. The fourth-order valence-corrected chi connectivity index (χ4v) is 3.19. The lowest BCUT2D eigenvalue weighted by molar-refractivity contribution is 0.0695. The first-order chi connectivity index (χ1) is 12.7. The largest absolute Gasteiger partial charge is 0.478 e. The number of anilines is 1. The summed E-state index contributed by atoms with van der Waals surface area (Å²) >= 11 is 0. The number of pyridine rings is 1. The summed E-state index contributed by atoms with van der Waals surface area (Å²) in [5.41, 5.74) is 6.47. The normalized spacial score (nSPS) is 10.7. The SMILES string of the molecule is Cc1ccc(C)n1-c1ccc(-c2c(C(=O)O)c(N)[nH]c(=O)c2C(=O)O)cc1. The summed E-state index contributed by atoms with van der Waals surface area (Å²) in [4.78, 5) is 37.4. The number of aryl methyl sites for hydroxylation is 2. The van der Waals surface area contributed by atoms with Crippen molar-refractivity contribution in [2.75, 3.05) is 5.73 Å². The van der Waals surface area contributed by atoms with Crippen molar-refractivity contribution in [1.82, 2.24) is 9.55 Å². The molecule has 3 rings (SSSR count). The van der Waals surface area contributed by atoms with Crippen molar-refractivity contribution >= 4 is 17.8 Å². The number of carboxylic acid groups (broad SMARTS) is 2. The Labute approximate surface area is 153 Å². The van der Waals surface area contributed by atoms with E-state index in [0.29, 0.717) is 0 Å². The number of carbonyl (C=O) groups is 2. The number of aromatic nitrogens is 2. The molecule has 138 valence electrons. The van der Waals surface area contributed by atoms with Crippen molar-refractivity contribution in [2.45, 2.75) is 13.8 Å². The number of nitrogens with two attached hydrogens (primary N) is 1. The van der Waals surface area contributed by atoms with Crippen LogP contribution in [0.5, 0.6) is 0 Å². The highest BCUT2D eigenvalue weighted by atomic mass is 16.4. The fourth-order valence-electron chi connectivity index (χ4n) is 3.19. The molecule has 2 heterocycles. The molecule has 0 fully saturated rings. The first-order valence-electron chi connectivity index (χ1n) is 8.00. The molecule has 5 N–H and O–H groups in total. The minimum Gasteiger partial charge on any atom is -0.478 e. The van der Waals surface area contributed by atoms with Gasteiger partial charge in [-0.1, -0.05) is 12.1 Å². The molecule has 0 amide bonds. The number of nitrogen functional groups attached to an aromatic ring is 1. The van der Waals surface area contributed by atoms with Gasteiger partial charge in [0.05, 0.1) is 0 Å². The van der Waals surface area contributed by atoms with E-state index >= 15 is 0 Å². The van der Waals surface area contributed by atoms with Gasteiger partial charge in [0.15, 0.2) is 0 Å². The number of nitrogens with one attached hydrogen (secondary N) is 1. The highest BCUT2D eigenvalue weighted by Gasteiger charge is 2.26. The number of hydrogen-bond acceptors (Lipinski definition) is 4. The van der Waals surface area contributed by atoms with Gasteiger partial charge in [-0.05, 0) is 43.7 Å². The van der Waals surface area contributed by atoms with E-state index in [-0.39, 0.29) is 11.1 Å². The van der Waals surface area contributed by atoms with Gasteiger partial charge in [-0.15, -0.1) is 0 Å². The van der Waals surface area contributed by atoms with Gasteiger partial charge < -0.3 is 25.5 Å². The second-order valence-corrected chi connectivity index (χ2v) is 6.10. The molecule has 8 heteroatoms. The Bertz CT molecular complexity index is 1100. The molecule has 0 radical (unpaired) electrons. The van der Waals surface area contributed by atoms with E-state index in [9.17, 15) is 24.6 Å². The number of hydrogen-bond donors (Lipinski definition) is 4. The van der Waals surface area contributed by atoms with Crippen LogP contribution in [0.1, 0.15) is 32.1 Å². The van der Waals surface area contributed by atoms with Crippen LogP contribution >= 0.6 is 0 Å². The summed E-state index contributed by atoms with van der Waals surface area (Å²) in [6.45, 7) is 3.90. The molecule has 0 saturated heterocycles. The third kappa shape index (κ3) is 2.97. The third-order valence-electron chi connectivity index (χ3n) is 4.36. The minimum absolute atomic E-state index is 0.219. The number of aromatic amines is 1. The van der Waals surface area contributed by atoms with E-state index in [0.717, 1.165) is 17.1 Å². The maximum absolute atomic E-state index is 12.1. The van der Waals surface area contributed by atoms with Gasteiger partial charge >= 0.3 is 11.9 Å². The number of benzene rings is 1. The molecular formula is C19H17N3O5. The fraction of sp³-hybridized carbons (Fsp3) is 0.105. The van der Waals surface area contributed by atoms with E-state index in [1.165, 1.54) is 0 Å². The van der Waals surface area contributed by atoms with Crippen LogP contribution in [0.15, 0.2) is 41.2 Å². The molecule has 0 aliphatic rings. The molecule has 0 bridgehead atoms. The molecule has 0 atom stereocenters. The van der Waals surface area contributed by atoms with Crippen molar-refractivity contribution in [3.63, 3.8) is 0 Å². The summed E-state index contributed by atoms with van der Waals surface area (Å²) in [6.07, 6.45) is 0. The highest BCUT2D eigenvalue weighted by molar-refractivity contribution is 6.07. The van der Waals surface area contributed by atoms with Gasteiger partial charge in [0.1, 0.15) is 16.9 Å². The van der Waals surface area contributed by atoms with Crippen LogP contribution in [0.4, 0.5) is 5.82 Å². The van der Waals surface area contributed by atoms with Crippen LogP contribution < -0.4 is 11.3 Å². The van der Waals surface area contributed by atoms with Gasteiger partial charge in [0, 0.05) is 22.6 Å². The number of rotatable bonds is 4. The lowest BCUT2D eigenvalue weighted by Crippen LogP contribution is -2.24. The summed E-state index contributed by atoms with van der Waals surface area (Å²) < 4.78 is 1.99. The van der Waals surface area contributed by atoms with Crippen LogP contribution in [0.3, 0.4) is 0 Å². The van der Waals surface area contributed by atoms with Gasteiger partial charge in [-0.3, -0.25) is 4.79 Å². The zero-order valence-electron chi connectivity index (χ0n) is 14.6. The predicted molar refractivity (Wildman–Crippen MR) is 99.6 cm³/mol. The van der Waals surface area contributed by atoms with Gasteiger partial charge in [-0.2, -0.15) is 0 Å². The first-order valence-corrected chi connectivity index (χ1v) is 8.00. The zero-order chi connectivity index (χ0) is 19.9. The molecule has 0 spiro atoms. The monoisotopic (exact) mass is 367 g/mol. The Balaban J connectivity index is 2.27. The van der Waals surface area contributed by atoms with Crippen molar-refractivity contribution < 1.29 is 19.8 Å². The average Bonchev–Trinajstić information content (AvgIpc) is 2.92. The van der Waals surface area contributed by atoms with Crippen LogP contribution in [0, 0.1) is 13.8 Å². The first kappa shape index (κ1) is 18.0. The maximum Gasteiger partial charge on any atom is 0.342 e. The average molecular weight is 367 g/mol. The van der Waals surface area contributed by atoms with Crippen LogP contribution in [-0.2, 0) is 0 Å². The number of nitrogens with zero attached hydrogens (tertiary/aromatic N) is 1. The van der Waals surface area contributed by atoms with Crippen LogP contribution in [-0.4, -0.2) is 31.7 Å². The molecule has 3 aromatic rings. The van der Waals surface area contributed by atoms with Gasteiger partial charge in [0.2, 0.25) is 0 Å². The Morgan fingerprint density at radius 3 is 1.93 bits per heavy atom. The Morgan fingerprint density at radius 2 is 1.44 bits per heavy atom. The molecule has 2 aromatic heterocycles. The molecular weight excluding hydrogens is 350 g/mol. The summed E-state index contributed by atoms with van der Waals surface area (Å²) in [7, 11) is 0. The van der Waals surface area contributed by atoms with Gasteiger partial charge in [0.25, 0.3) is 5.56 Å². The van der Waals surface area contributed by atoms with Crippen LogP contribution in [0.25, 0.3) is 16.8 Å².